The summed E-state index contributed by atoms with van der Waals surface area (Å²) in [4.78, 5) is 26.7. The molecule has 2 aromatic rings. The van der Waals surface area contributed by atoms with Crippen LogP contribution < -0.4 is 15.2 Å². The number of nitrogens with zero attached hydrogens (tertiary/aromatic N) is 1. The van der Waals surface area contributed by atoms with Crippen molar-refractivity contribution in [3.63, 3.8) is 0 Å². The van der Waals surface area contributed by atoms with Crippen LogP contribution >= 0.6 is 11.3 Å². The Balaban J connectivity index is 1.69. The lowest BCUT2D eigenvalue weighted by atomic mass is 10.1. The average molecular weight is 386 g/mol. The number of amides is 2. The zero-order valence-electron chi connectivity index (χ0n) is 15.1. The fourth-order valence-corrected chi connectivity index (χ4v) is 4.00. The van der Waals surface area contributed by atoms with Crippen LogP contribution in [0.2, 0.25) is 0 Å². The second kappa shape index (κ2) is 8.73. The van der Waals surface area contributed by atoms with E-state index in [0.29, 0.717) is 11.5 Å². The van der Waals surface area contributed by atoms with E-state index in [4.69, 9.17) is 15.2 Å². The van der Waals surface area contributed by atoms with E-state index in [0.717, 1.165) is 24.9 Å². The Bertz CT molecular complexity index is 833. The number of carbonyl (C=O) groups excluding carboxylic acids is 2. The highest BCUT2D eigenvalue weighted by molar-refractivity contribution is 7.10. The summed E-state index contributed by atoms with van der Waals surface area (Å²) in [5.74, 6) is 0.344. The molecule has 7 heteroatoms. The number of ether oxygens (including phenoxy) is 2. The van der Waals surface area contributed by atoms with E-state index in [9.17, 15) is 9.59 Å². The molecule has 0 spiro atoms. The topological polar surface area (TPSA) is 81.9 Å². The SMILES string of the molecule is COc1cc(/C=C/C(=O)N2CCCC2c2cccs2)ccc1OCC(N)=O. The highest BCUT2D eigenvalue weighted by Crippen LogP contribution is 2.34. The zero-order valence-corrected chi connectivity index (χ0v) is 15.9. The summed E-state index contributed by atoms with van der Waals surface area (Å²) in [7, 11) is 1.51. The van der Waals surface area contributed by atoms with Gasteiger partial charge >= 0.3 is 0 Å². The summed E-state index contributed by atoms with van der Waals surface area (Å²) in [6.45, 7) is 0.554. The molecule has 0 radical (unpaired) electrons. The third-order valence-electron chi connectivity index (χ3n) is 4.38. The zero-order chi connectivity index (χ0) is 19.2. The van der Waals surface area contributed by atoms with Crippen molar-refractivity contribution in [3.8, 4) is 11.5 Å². The predicted molar refractivity (Wildman–Crippen MR) is 105 cm³/mol. The van der Waals surface area contributed by atoms with Gasteiger partial charge in [-0.05, 0) is 48.1 Å². The van der Waals surface area contributed by atoms with Crippen LogP contribution in [0.5, 0.6) is 11.5 Å². The van der Waals surface area contributed by atoms with Gasteiger partial charge in [-0.15, -0.1) is 11.3 Å². The van der Waals surface area contributed by atoms with Crippen LogP contribution in [0.15, 0.2) is 41.8 Å². The summed E-state index contributed by atoms with van der Waals surface area (Å²) >= 11 is 1.69. The van der Waals surface area contributed by atoms with Crippen LogP contribution in [0.25, 0.3) is 6.08 Å². The molecule has 1 aromatic heterocycles. The van der Waals surface area contributed by atoms with Crippen LogP contribution in [-0.2, 0) is 9.59 Å². The molecule has 0 bridgehead atoms. The normalized spacial score (nSPS) is 16.6. The largest absolute Gasteiger partial charge is 0.493 e. The Labute approximate surface area is 162 Å². The second-order valence-corrected chi connectivity index (χ2v) is 7.18. The van der Waals surface area contributed by atoms with Crippen LogP contribution in [0.3, 0.4) is 0 Å². The van der Waals surface area contributed by atoms with Gasteiger partial charge < -0.3 is 20.1 Å². The van der Waals surface area contributed by atoms with Crippen molar-refractivity contribution in [2.45, 2.75) is 18.9 Å². The van der Waals surface area contributed by atoms with E-state index in [1.807, 2.05) is 16.3 Å². The first-order chi connectivity index (χ1) is 13.1. The summed E-state index contributed by atoms with van der Waals surface area (Å²) in [6.07, 6.45) is 5.36. The van der Waals surface area contributed by atoms with Crippen molar-refractivity contribution in [2.24, 2.45) is 5.73 Å². The molecule has 0 aliphatic carbocycles. The van der Waals surface area contributed by atoms with Crippen molar-refractivity contribution in [1.82, 2.24) is 4.90 Å². The molecule has 1 aromatic carbocycles. The van der Waals surface area contributed by atoms with Gasteiger partial charge in [0.1, 0.15) is 0 Å². The molecule has 142 valence electrons. The summed E-state index contributed by atoms with van der Waals surface area (Å²) in [6, 6.07) is 9.51. The lowest BCUT2D eigenvalue weighted by Gasteiger charge is -2.22. The maximum atomic E-state index is 12.7. The highest BCUT2D eigenvalue weighted by atomic mass is 32.1. The quantitative estimate of drug-likeness (QED) is 0.742. The molecule has 2 N–H and O–H groups in total. The lowest BCUT2D eigenvalue weighted by molar-refractivity contribution is -0.126. The smallest absolute Gasteiger partial charge is 0.255 e. The molecule has 2 heterocycles. The third-order valence-corrected chi connectivity index (χ3v) is 5.36. The number of likely N-dealkylation sites (tertiary alicyclic amines) is 1. The van der Waals surface area contributed by atoms with E-state index in [2.05, 4.69) is 6.07 Å². The second-order valence-electron chi connectivity index (χ2n) is 6.20. The molecule has 1 fully saturated rings. The van der Waals surface area contributed by atoms with Crippen molar-refractivity contribution >= 4 is 29.2 Å². The van der Waals surface area contributed by atoms with Gasteiger partial charge in [-0.3, -0.25) is 9.59 Å². The Morgan fingerprint density at radius 1 is 1.33 bits per heavy atom. The lowest BCUT2D eigenvalue weighted by Crippen LogP contribution is -2.28. The number of thiophene rings is 1. The first-order valence-electron chi connectivity index (χ1n) is 8.69. The van der Waals surface area contributed by atoms with Gasteiger partial charge in [-0.25, -0.2) is 0 Å². The fourth-order valence-electron chi connectivity index (χ4n) is 3.13. The molecule has 1 unspecified atom stereocenters. The van der Waals surface area contributed by atoms with E-state index < -0.39 is 5.91 Å². The molecule has 1 aliphatic heterocycles. The number of rotatable bonds is 7. The monoisotopic (exact) mass is 386 g/mol. The van der Waals surface area contributed by atoms with Crippen LogP contribution in [0.4, 0.5) is 0 Å². The summed E-state index contributed by atoms with van der Waals surface area (Å²) < 4.78 is 10.6. The van der Waals surface area contributed by atoms with Gasteiger partial charge in [0.05, 0.1) is 13.2 Å². The Morgan fingerprint density at radius 2 is 2.19 bits per heavy atom. The van der Waals surface area contributed by atoms with E-state index in [1.165, 1.54) is 12.0 Å². The van der Waals surface area contributed by atoms with E-state index in [-0.39, 0.29) is 18.6 Å². The minimum Gasteiger partial charge on any atom is -0.493 e. The number of hydrogen-bond donors (Lipinski definition) is 1. The molecule has 6 nitrogen and oxygen atoms in total. The van der Waals surface area contributed by atoms with Crippen molar-refractivity contribution in [2.75, 3.05) is 20.3 Å². The molecule has 1 atom stereocenters. The third kappa shape index (κ3) is 4.68. The Hall–Kier alpha value is -2.80. The predicted octanol–water partition coefficient (Wildman–Crippen LogP) is 3.00. The van der Waals surface area contributed by atoms with Crippen molar-refractivity contribution in [1.29, 1.82) is 0 Å². The minimum atomic E-state index is -0.558. The molecule has 2 amide bonds. The van der Waals surface area contributed by atoms with Gasteiger partial charge in [0.15, 0.2) is 18.1 Å². The van der Waals surface area contributed by atoms with Crippen molar-refractivity contribution < 1.29 is 19.1 Å². The number of hydrogen-bond acceptors (Lipinski definition) is 5. The van der Waals surface area contributed by atoms with Gasteiger partial charge in [-0.1, -0.05) is 12.1 Å². The van der Waals surface area contributed by atoms with Gasteiger partial charge in [0.25, 0.3) is 5.91 Å². The minimum absolute atomic E-state index is 0.000998. The number of methoxy groups -OCH3 is 1. The Kier molecular flexibility index (Phi) is 6.13. The van der Waals surface area contributed by atoms with Crippen LogP contribution in [-0.4, -0.2) is 37.0 Å². The number of carbonyl (C=O) groups is 2. The standard InChI is InChI=1S/C20H22N2O4S/c1-25-17-12-14(6-8-16(17)26-13-19(21)23)7-9-20(24)22-10-2-4-15(22)18-5-3-11-27-18/h3,5-9,11-12,15H,2,4,10,13H2,1H3,(H2,21,23)/b9-7+. The van der Waals surface area contributed by atoms with Crippen molar-refractivity contribution in [3.05, 3.63) is 52.2 Å². The molecule has 27 heavy (non-hydrogen) atoms. The number of nitrogens with two attached hydrogens (primary N) is 1. The molecule has 3 rings (SSSR count). The molecule has 0 saturated carbocycles. The molecule has 1 aliphatic rings. The maximum absolute atomic E-state index is 12.7. The molecule has 1 saturated heterocycles. The van der Waals surface area contributed by atoms with Crippen LogP contribution in [0.1, 0.15) is 29.3 Å². The molecular formula is C20H22N2O4S. The van der Waals surface area contributed by atoms with Gasteiger partial charge in [0.2, 0.25) is 5.91 Å². The van der Waals surface area contributed by atoms with Gasteiger partial charge in [0, 0.05) is 17.5 Å². The molecular weight excluding hydrogens is 364 g/mol. The highest BCUT2D eigenvalue weighted by Gasteiger charge is 2.29. The van der Waals surface area contributed by atoms with E-state index in [1.54, 1.807) is 41.7 Å². The average Bonchev–Trinajstić information content (AvgIpc) is 3.35. The first-order valence-corrected chi connectivity index (χ1v) is 9.57. The maximum Gasteiger partial charge on any atom is 0.255 e. The van der Waals surface area contributed by atoms with Gasteiger partial charge in [-0.2, -0.15) is 0 Å². The fraction of sp³-hybridized carbons (Fsp3) is 0.300. The van der Waals surface area contributed by atoms with E-state index >= 15 is 0 Å². The van der Waals surface area contributed by atoms with Crippen LogP contribution in [0, 0.1) is 0 Å². The number of benzene rings is 1. The first kappa shape index (κ1) is 19.0. The summed E-state index contributed by atoms with van der Waals surface area (Å²) in [5, 5.41) is 2.04. The number of primary amides is 1. The Morgan fingerprint density at radius 3 is 2.89 bits per heavy atom. The summed E-state index contributed by atoms with van der Waals surface area (Å²) in [5.41, 5.74) is 5.90.